The smallest absolute Gasteiger partial charge is 0.317 e. The maximum atomic E-state index is 11.3. The van der Waals surface area contributed by atoms with Crippen molar-refractivity contribution in [2.75, 3.05) is 18.8 Å². The zero-order valence-electron chi connectivity index (χ0n) is 10.8. The molecule has 1 aliphatic heterocycles. The summed E-state index contributed by atoms with van der Waals surface area (Å²) in [6, 6.07) is -0.454. The van der Waals surface area contributed by atoms with Crippen LogP contribution in [0.15, 0.2) is 4.99 Å². The first-order valence-corrected chi connectivity index (χ1v) is 10.1. The fourth-order valence-electron chi connectivity index (χ4n) is 2.20. The van der Waals surface area contributed by atoms with Crippen molar-refractivity contribution in [3.63, 3.8) is 0 Å². The quantitative estimate of drug-likeness (QED) is 0.203. The molecule has 0 bridgehead atoms. The first-order valence-electron chi connectivity index (χ1n) is 6.19. The zero-order chi connectivity index (χ0) is 15.4. The average Bonchev–Trinajstić information content (AvgIpc) is 2.31. The highest BCUT2D eigenvalue weighted by molar-refractivity contribution is 8.00. The Labute approximate surface area is 123 Å². The van der Waals surface area contributed by atoms with Crippen LogP contribution >= 0.6 is 28.2 Å². The van der Waals surface area contributed by atoms with Gasteiger partial charge in [-0.3, -0.25) is 0 Å². The second kappa shape index (κ2) is 7.63. The van der Waals surface area contributed by atoms with Gasteiger partial charge in [0.2, 0.25) is 0 Å². The van der Waals surface area contributed by atoms with E-state index in [1.54, 1.807) is 0 Å². The van der Waals surface area contributed by atoms with Crippen LogP contribution in [-0.2, 0) is 4.57 Å². The molecule has 1 fully saturated rings. The third-order valence-electron chi connectivity index (χ3n) is 3.11. The summed E-state index contributed by atoms with van der Waals surface area (Å²) in [6.45, 7) is 1.25. The van der Waals surface area contributed by atoms with Gasteiger partial charge in [-0.2, -0.15) is 27.3 Å². The molecule has 8 nitrogen and oxygen atoms in total. The molecule has 0 amide bonds. The largest absolute Gasteiger partial charge is 0.469 e. The Bertz CT molecular complexity index is 396. The minimum Gasteiger partial charge on any atom is -0.317 e. The van der Waals surface area contributed by atoms with Crippen molar-refractivity contribution < 1.29 is 29.0 Å². The van der Waals surface area contributed by atoms with E-state index < -0.39 is 26.8 Å². The number of nitrogens with zero attached hydrogens (tertiary/aromatic N) is 1. The van der Waals surface area contributed by atoms with Crippen LogP contribution in [0.5, 0.6) is 0 Å². The van der Waals surface area contributed by atoms with Crippen molar-refractivity contribution >= 4 is 33.4 Å². The summed E-state index contributed by atoms with van der Waals surface area (Å²) in [4.78, 5) is 49.5. The molecule has 0 spiro atoms. The van der Waals surface area contributed by atoms with Crippen molar-refractivity contribution in [2.24, 2.45) is 10.9 Å². The Hall–Kier alpha value is 0.440. The Morgan fingerprint density at radius 2 is 2.05 bits per heavy atom. The van der Waals surface area contributed by atoms with Crippen molar-refractivity contribution in [1.82, 2.24) is 5.32 Å². The fraction of sp³-hybridized carbons (Fsp3) is 0.889. The summed E-state index contributed by atoms with van der Waals surface area (Å²) >= 11 is 4.12. The van der Waals surface area contributed by atoms with Crippen LogP contribution in [0.3, 0.4) is 0 Å². The molecular weight excluding hydrogens is 326 g/mol. The average molecular weight is 347 g/mol. The van der Waals surface area contributed by atoms with Crippen LogP contribution in [-0.4, -0.2) is 54.5 Å². The van der Waals surface area contributed by atoms with Crippen LogP contribution < -0.4 is 5.32 Å². The van der Waals surface area contributed by atoms with Crippen molar-refractivity contribution in [3.05, 3.63) is 0 Å². The molecule has 2 unspecified atom stereocenters. The SMILES string of the molecule is O=P(O)(O)C(=NC1CCNCC1CCCS)[P+](O)(O)O. The monoisotopic (exact) mass is 347 g/mol. The summed E-state index contributed by atoms with van der Waals surface area (Å²) < 4.78 is 11.3. The van der Waals surface area contributed by atoms with Gasteiger partial charge in [-0.15, -0.1) is 0 Å². The molecule has 20 heavy (non-hydrogen) atoms. The normalized spacial score (nSPS) is 25.8. The highest BCUT2D eigenvalue weighted by atomic mass is 32.1. The van der Waals surface area contributed by atoms with Crippen LogP contribution in [0.25, 0.3) is 0 Å². The number of thiol groups is 1. The molecule has 11 heteroatoms. The van der Waals surface area contributed by atoms with Gasteiger partial charge in [-0.1, -0.05) is 0 Å². The van der Waals surface area contributed by atoms with Crippen LogP contribution in [0.4, 0.5) is 0 Å². The molecule has 1 saturated heterocycles. The third-order valence-corrected chi connectivity index (χ3v) is 6.30. The second-order valence-electron chi connectivity index (χ2n) is 4.73. The van der Waals surface area contributed by atoms with E-state index in [0.717, 1.165) is 12.8 Å². The molecule has 2 atom stereocenters. The molecule has 0 aromatic rings. The van der Waals surface area contributed by atoms with Gasteiger partial charge in [0.05, 0.1) is 6.04 Å². The van der Waals surface area contributed by atoms with Gasteiger partial charge in [0.25, 0.3) is 0 Å². The Balaban J connectivity index is 2.97. The Kier molecular flexibility index (Phi) is 7.05. The Morgan fingerprint density at radius 3 is 2.55 bits per heavy atom. The lowest BCUT2D eigenvalue weighted by molar-refractivity contribution is 0.308. The summed E-state index contributed by atoms with van der Waals surface area (Å²) in [5.74, 6) is 0.707. The van der Waals surface area contributed by atoms with E-state index in [9.17, 15) is 19.2 Å². The standard InChI is InChI=1S/C9H20N2O6P2S/c12-18(13,14)9(19(15,16)17)11-8-3-4-10-6-7(8)2-1-5-20/h7-8,10,12-14H,1-6H2,(H2-,15,16,17,20)/p+1. The highest BCUT2D eigenvalue weighted by Crippen LogP contribution is 2.60. The lowest BCUT2D eigenvalue weighted by atomic mass is 9.90. The van der Waals surface area contributed by atoms with E-state index in [-0.39, 0.29) is 5.92 Å². The fourth-order valence-corrected chi connectivity index (χ4v) is 4.39. The number of nitrogens with one attached hydrogen (secondary N) is 1. The predicted octanol–water partition coefficient (Wildman–Crippen LogP) is -0.0523. The van der Waals surface area contributed by atoms with Gasteiger partial charge in [0.15, 0.2) is 0 Å². The van der Waals surface area contributed by atoms with E-state index >= 15 is 0 Å². The molecule has 0 saturated carbocycles. The van der Waals surface area contributed by atoms with E-state index in [4.69, 9.17) is 9.79 Å². The van der Waals surface area contributed by atoms with Gasteiger partial charge in [-0.25, -0.2) is 9.56 Å². The number of aliphatic imine (C=N–C) groups is 1. The van der Waals surface area contributed by atoms with Gasteiger partial charge in [0.1, 0.15) is 0 Å². The molecule has 0 aliphatic carbocycles. The van der Waals surface area contributed by atoms with E-state index in [1.165, 1.54) is 0 Å². The van der Waals surface area contributed by atoms with Gasteiger partial charge in [-0.05, 0) is 44.0 Å². The molecule has 0 aromatic carbocycles. The maximum Gasteiger partial charge on any atom is 0.469 e. The zero-order valence-corrected chi connectivity index (χ0v) is 13.5. The summed E-state index contributed by atoms with van der Waals surface area (Å²) in [6.07, 6.45) is 2.10. The van der Waals surface area contributed by atoms with E-state index in [0.29, 0.717) is 25.3 Å². The molecule has 0 radical (unpaired) electrons. The van der Waals surface area contributed by atoms with Crippen LogP contribution in [0.1, 0.15) is 19.3 Å². The highest BCUT2D eigenvalue weighted by Gasteiger charge is 2.52. The minimum atomic E-state index is -5.00. The predicted molar refractivity (Wildman–Crippen MR) is 80.9 cm³/mol. The molecule has 1 rings (SSSR count). The maximum absolute atomic E-state index is 11.3. The van der Waals surface area contributed by atoms with Crippen molar-refractivity contribution in [1.29, 1.82) is 0 Å². The summed E-state index contributed by atoms with van der Waals surface area (Å²) in [7, 11) is -9.82. The van der Waals surface area contributed by atoms with Crippen molar-refractivity contribution in [2.45, 2.75) is 25.3 Å². The first kappa shape index (κ1) is 18.5. The summed E-state index contributed by atoms with van der Waals surface area (Å²) in [5.41, 5.74) is 0. The number of rotatable bonds is 6. The summed E-state index contributed by atoms with van der Waals surface area (Å²) in [5, 5.41) is 1.97. The van der Waals surface area contributed by atoms with Gasteiger partial charge < -0.3 is 15.1 Å². The molecule has 0 aromatic heterocycles. The number of hydrogen-bond donors (Lipinski definition) is 7. The van der Waals surface area contributed by atoms with Crippen LogP contribution in [0.2, 0.25) is 0 Å². The third kappa shape index (κ3) is 5.67. The van der Waals surface area contributed by atoms with Gasteiger partial charge >= 0.3 is 20.7 Å². The number of piperidine rings is 1. The minimum absolute atomic E-state index is 0.0176. The molecule has 1 aliphatic rings. The van der Waals surface area contributed by atoms with Crippen LogP contribution in [0, 0.1) is 5.92 Å². The van der Waals surface area contributed by atoms with Gasteiger partial charge in [0, 0.05) is 0 Å². The first-order chi connectivity index (χ1) is 9.16. The number of hydrogen-bond acceptors (Lipinski definition) is 7. The molecular formula is C9H21N2O6P2S+. The Morgan fingerprint density at radius 1 is 1.40 bits per heavy atom. The van der Waals surface area contributed by atoms with E-state index in [1.807, 2.05) is 0 Å². The van der Waals surface area contributed by atoms with E-state index in [2.05, 4.69) is 22.9 Å². The lowest BCUT2D eigenvalue weighted by Gasteiger charge is -2.29. The van der Waals surface area contributed by atoms with Crippen molar-refractivity contribution in [3.8, 4) is 0 Å². The topological polar surface area (TPSA) is 143 Å². The molecule has 118 valence electrons. The second-order valence-corrected chi connectivity index (χ2v) is 8.60. The lowest BCUT2D eigenvalue weighted by Crippen LogP contribution is -2.39. The molecule has 6 N–H and O–H groups in total. The molecule has 1 heterocycles.